The third-order valence-corrected chi connectivity index (χ3v) is 5.66. The third-order valence-electron chi connectivity index (χ3n) is 5.66. The molecule has 148 valence electrons. The summed E-state index contributed by atoms with van der Waals surface area (Å²) >= 11 is 0. The Morgan fingerprint density at radius 2 is 2.10 bits per heavy atom. The summed E-state index contributed by atoms with van der Waals surface area (Å²) < 4.78 is 15.5. The number of pyridine rings is 1. The number of H-pyrrole nitrogens is 1. The zero-order valence-corrected chi connectivity index (χ0v) is 16.0. The molecule has 8 heteroatoms. The molecule has 0 fully saturated rings. The molecule has 2 N–H and O–H groups in total. The van der Waals surface area contributed by atoms with Crippen LogP contribution in [0.25, 0.3) is 28.1 Å². The molecule has 0 saturated heterocycles. The van der Waals surface area contributed by atoms with E-state index >= 15 is 0 Å². The van der Waals surface area contributed by atoms with Gasteiger partial charge >= 0.3 is 0 Å². The number of aromatic amines is 1. The maximum atomic E-state index is 13.7. The van der Waals surface area contributed by atoms with Crippen molar-refractivity contribution in [3.8, 4) is 11.4 Å². The summed E-state index contributed by atoms with van der Waals surface area (Å²) in [6.07, 6.45) is 9.08. The van der Waals surface area contributed by atoms with Crippen LogP contribution in [0.4, 0.5) is 10.3 Å². The molecule has 1 atom stereocenters. The van der Waals surface area contributed by atoms with Gasteiger partial charge in [0.1, 0.15) is 5.82 Å². The normalized spacial score (nSPS) is 16.1. The van der Waals surface area contributed by atoms with E-state index in [2.05, 4.69) is 54.5 Å². The lowest BCUT2D eigenvalue weighted by molar-refractivity contribution is 0.601. The number of imidazole rings is 1. The van der Waals surface area contributed by atoms with Crippen molar-refractivity contribution in [2.24, 2.45) is 0 Å². The van der Waals surface area contributed by atoms with Crippen LogP contribution in [0.1, 0.15) is 17.7 Å². The van der Waals surface area contributed by atoms with Crippen LogP contribution in [-0.4, -0.2) is 35.4 Å². The number of nitrogens with zero attached hydrogens (tertiary/aromatic N) is 5. The molecule has 0 aliphatic heterocycles. The number of hydrogen-bond donors (Lipinski definition) is 2. The highest BCUT2D eigenvalue weighted by atomic mass is 19.1. The first kappa shape index (κ1) is 17.1. The van der Waals surface area contributed by atoms with Gasteiger partial charge in [-0.2, -0.15) is 9.97 Å². The second-order valence-electron chi connectivity index (χ2n) is 7.57. The van der Waals surface area contributed by atoms with Gasteiger partial charge in [0.2, 0.25) is 11.7 Å². The predicted octanol–water partition coefficient (Wildman–Crippen LogP) is 3.78. The van der Waals surface area contributed by atoms with Crippen LogP contribution in [0.2, 0.25) is 0 Å². The first-order chi connectivity index (χ1) is 14.7. The van der Waals surface area contributed by atoms with E-state index in [9.17, 15) is 4.39 Å². The Bertz CT molecular complexity index is 1390. The molecule has 0 spiro atoms. The van der Waals surface area contributed by atoms with E-state index in [1.54, 1.807) is 12.4 Å². The number of anilines is 1. The predicted molar refractivity (Wildman–Crippen MR) is 112 cm³/mol. The number of para-hydroxylation sites is 1. The summed E-state index contributed by atoms with van der Waals surface area (Å²) in [7, 11) is 0. The van der Waals surface area contributed by atoms with Gasteiger partial charge in [0, 0.05) is 46.8 Å². The number of benzene rings is 1. The summed E-state index contributed by atoms with van der Waals surface area (Å²) in [5.74, 6) is 1.13. The zero-order valence-electron chi connectivity index (χ0n) is 16.0. The highest BCUT2D eigenvalue weighted by Gasteiger charge is 2.23. The number of nitrogens with one attached hydrogen (secondary N) is 2. The molecule has 0 saturated carbocycles. The maximum Gasteiger partial charge on any atom is 0.238 e. The van der Waals surface area contributed by atoms with Crippen LogP contribution < -0.4 is 5.32 Å². The summed E-state index contributed by atoms with van der Waals surface area (Å²) in [4.78, 5) is 20.9. The average Bonchev–Trinajstić information content (AvgIpc) is 3.38. The summed E-state index contributed by atoms with van der Waals surface area (Å²) in [5, 5.41) is 4.85. The van der Waals surface area contributed by atoms with Gasteiger partial charge in [-0.05, 0) is 37.0 Å². The molecule has 4 heterocycles. The van der Waals surface area contributed by atoms with Gasteiger partial charge in [-0.3, -0.25) is 9.38 Å². The van der Waals surface area contributed by atoms with Gasteiger partial charge in [-0.1, -0.05) is 18.2 Å². The molecule has 0 amide bonds. The van der Waals surface area contributed by atoms with E-state index in [0.717, 1.165) is 25.5 Å². The Morgan fingerprint density at radius 3 is 3.03 bits per heavy atom. The maximum absolute atomic E-state index is 13.7. The lowest BCUT2D eigenvalue weighted by Crippen LogP contribution is -2.28. The monoisotopic (exact) mass is 399 g/mol. The molecular formula is C22H18FN7. The molecule has 6 rings (SSSR count). The molecule has 0 bridgehead atoms. The molecule has 4 aromatic heterocycles. The highest BCUT2D eigenvalue weighted by molar-refractivity contribution is 5.85. The van der Waals surface area contributed by atoms with Crippen molar-refractivity contribution in [2.75, 3.05) is 5.32 Å². The average molecular weight is 399 g/mol. The number of aryl methyl sites for hydroxylation is 1. The van der Waals surface area contributed by atoms with Crippen LogP contribution >= 0.6 is 0 Å². The molecule has 30 heavy (non-hydrogen) atoms. The minimum Gasteiger partial charge on any atom is -0.358 e. The number of hydrogen-bond acceptors (Lipinski definition) is 5. The number of halogens is 1. The molecule has 0 radical (unpaired) electrons. The Hall–Kier alpha value is -3.81. The fourth-order valence-electron chi connectivity index (χ4n) is 4.26. The Balaban J connectivity index is 1.37. The number of aromatic nitrogens is 6. The molecule has 1 aromatic carbocycles. The number of fused-ring (bicyclic) bond motifs is 4. The molecule has 1 aliphatic rings. The minimum atomic E-state index is -0.423. The number of rotatable bonds is 3. The van der Waals surface area contributed by atoms with Crippen molar-refractivity contribution in [3.63, 3.8) is 0 Å². The summed E-state index contributed by atoms with van der Waals surface area (Å²) in [6, 6.07) is 10.0. The molecule has 1 aliphatic carbocycles. The fourth-order valence-corrected chi connectivity index (χ4v) is 4.26. The van der Waals surface area contributed by atoms with Gasteiger partial charge in [-0.15, -0.1) is 0 Å². The summed E-state index contributed by atoms with van der Waals surface area (Å²) in [5.41, 5.74) is 4.38. The molecule has 7 nitrogen and oxygen atoms in total. The van der Waals surface area contributed by atoms with Crippen molar-refractivity contribution in [3.05, 3.63) is 72.2 Å². The molecular weight excluding hydrogens is 381 g/mol. The van der Waals surface area contributed by atoms with E-state index < -0.39 is 5.82 Å². The second-order valence-corrected chi connectivity index (χ2v) is 7.57. The lowest BCUT2D eigenvalue weighted by atomic mass is 9.91. The van der Waals surface area contributed by atoms with Crippen LogP contribution in [0.15, 0.2) is 55.1 Å². The van der Waals surface area contributed by atoms with Gasteiger partial charge in [0.05, 0.1) is 6.20 Å². The fraction of sp³-hybridized carbons (Fsp3) is 0.182. The molecule has 1 unspecified atom stereocenters. The highest BCUT2D eigenvalue weighted by Crippen LogP contribution is 2.30. The Kier molecular flexibility index (Phi) is 3.77. The van der Waals surface area contributed by atoms with Crippen molar-refractivity contribution in [1.29, 1.82) is 0 Å². The van der Waals surface area contributed by atoms with Crippen LogP contribution in [-0.2, 0) is 12.8 Å². The smallest absolute Gasteiger partial charge is 0.238 e. The van der Waals surface area contributed by atoms with E-state index in [4.69, 9.17) is 0 Å². The summed E-state index contributed by atoms with van der Waals surface area (Å²) in [6.45, 7) is 0. The van der Waals surface area contributed by atoms with E-state index in [1.807, 2.05) is 10.6 Å². The van der Waals surface area contributed by atoms with Crippen LogP contribution in [0.3, 0.4) is 0 Å². The SMILES string of the molecule is Fc1cncc(-c2nc(NC3CCc4[nH]c5ccccc5c4C3)n3ccnc3n2)c1. The zero-order chi connectivity index (χ0) is 20.1. The lowest BCUT2D eigenvalue weighted by Gasteiger charge is -2.24. The van der Waals surface area contributed by atoms with E-state index in [-0.39, 0.29) is 6.04 Å². The topological polar surface area (TPSA) is 83.8 Å². The first-order valence-electron chi connectivity index (χ1n) is 9.91. The molecule has 5 aromatic rings. The van der Waals surface area contributed by atoms with Gasteiger partial charge < -0.3 is 10.3 Å². The quantitative estimate of drug-likeness (QED) is 0.482. The van der Waals surface area contributed by atoms with Gasteiger partial charge in [0.15, 0.2) is 5.82 Å². The van der Waals surface area contributed by atoms with Crippen LogP contribution in [0, 0.1) is 5.82 Å². The Morgan fingerprint density at radius 1 is 1.17 bits per heavy atom. The van der Waals surface area contributed by atoms with E-state index in [0.29, 0.717) is 23.1 Å². The van der Waals surface area contributed by atoms with Crippen LogP contribution in [0.5, 0.6) is 0 Å². The second kappa shape index (κ2) is 6.62. The van der Waals surface area contributed by atoms with Crippen molar-refractivity contribution < 1.29 is 4.39 Å². The standard InChI is InChI=1S/C22H18FN7/c23-14-9-13(11-24-12-14)20-28-21-25-7-8-30(21)22(29-20)26-15-5-6-19-17(10-15)16-3-1-2-4-18(16)27-19/h1-4,7-9,11-12,15,27H,5-6,10H2,(H,25,26,28,29). The first-order valence-corrected chi connectivity index (χ1v) is 9.91. The largest absolute Gasteiger partial charge is 0.358 e. The minimum absolute atomic E-state index is 0.218. The van der Waals surface area contributed by atoms with Crippen molar-refractivity contribution in [1.82, 2.24) is 29.3 Å². The third kappa shape index (κ3) is 2.80. The van der Waals surface area contributed by atoms with Crippen molar-refractivity contribution >= 4 is 22.6 Å². The van der Waals surface area contributed by atoms with E-state index in [1.165, 1.54) is 28.2 Å². The van der Waals surface area contributed by atoms with Gasteiger partial charge in [-0.25, -0.2) is 9.37 Å². The van der Waals surface area contributed by atoms with Gasteiger partial charge in [0.25, 0.3) is 0 Å². The van der Waals surface area contributed by atoms with Crippen molar-refractivity contribution in [2.45, 2.75) is 25.3 Å². The Labute approximate surface area is 171 Å².